The van der Waals surface area contributed by atoms with E-state index in [-0.39, 0.29) is 17.4 Å². The van der Waals surface area contributed by atoms with E-state index in [4.69, 9.17) is 5.11 Å². The molecule has 0 heterocycles. The first kappa shape index (κ1) is 14.0. The molecule has 1 fully saturated rings. The van der Waals surface area contributed by atoms with Crippen LogP contribution in [-0.4, -0.2) is 42.9 Å². The summed E-state index contributed by atoms with van der Waals surface area (Å²) in [7, 11) is -3.13. The van der Waals surface area contributed by atoms with Crippen LogP contribution in [0, 0.1) is 11.8 Å². The zero-order chi connectivity index (χ0) is 13.2. The summed E-state index contributed by atoms with van der Waals surface area (Å²) in [5, 5.41) is 11.2. The number of nitrogens with one attached hydrogen (secondary N) is 1. The van der Waals surface area contributed by atoms with Crippen molar-refractivity contribution in [2.24, 2.45) is 11.8 Å². The Bertz CT molecular complexity index is 416. The summed E-state index contributed by atoms with van der Waals surface area (Å²) in [6.45, 7) is 3.15. The molecule has 17 heavy (non-hydrogen) atoms. The topological polar surface area (TPSA) is 101 Å². The minimum absolute atomic E-state index is 0.0361. The van der Waals surface area contributed by atoms with E-state index in [1.807, 2.05) is 0 Å². The third kappa shape index (κ3) is 3.99. The monoisotopic (exact) mass is 263 g/mol. The predicted octanol–water partition coefficient (Wildman–Crippen LogP) is -0.353. The van der Waals surface area contributed by atoms with Gasteiger partial charge < -0.3 is 10.4 Å². The van der Waals surface area contributed by atoms with Gasteiger partial charge in [-0.15, -0.1) is 0 Å². The molecule has 0 unspecified atom stereocenters. The van der Waals surface area contributed by atoms with Gasteiger partial charge in [-0.25, -0.2) is 8.42 Å². The van der Waals surface area contributed by atoms with Gasteiger partial charge in [-0.2, -0.15) is 0 Å². The van der Waals surface area contributed by atoms with Crippen LogP contribution in [0.15, 0.2) is 0 Å². The molecule has 98 valence electrons. The molecule has 1 amide bonds. The van der Waals surface area contributed by atoms with Gasteiger partial charge in [0, 0.05) is 11.8 Å². The lowest BCUT2D eigenvalue weighted by atomic mass is 10.3. The Kier molecular flexibility index (Phi) is 4.13. The van der Waals surface area contributed by atoms with Crippen molar-refractivity contribution < 1.29 is 23.1 Å². The Morgan fingerprint density at radius 2 is 2.00 bits per heavy atom. The molecule has 3 atom stereocenters. The number of carbonyl (C=O) groups is 2. The van der Waals surface area contributed by atoms with Crippen LogP contribution in [0.1, 0.15) is 20.3 Å². The molecule has 1 rings (SSSR count). The predicted molar refractivity (Wildman–Crippen MR) is 61.2 cm³/mol. The van der Waals surface area contributed by atoms with Gasteiger partial charge in [0.25, 0.3) is 0 Å². The summed E-state index contributed by atoms with van der Waals surface area (Å²) < 4.78 is 22.6. The number of aliphatic carboxylic acids is 1. The quantitative estimate of drug-likeness (QED) is 0.682. The third-order valence-electron chi connectivity index (χ3n) is 2.78. The fraction of sp³-hybridized carbons (Fsp3) is 0.800. The number of carbonyl (C=O) groups excluding carboxylic acids is 1. The van der Waals surface area contributed by atoms with Crippen molar-refractivity contribution in [2.45, 2.75) is 26.3 Å². The SMILES string of the molecule is CCS(=O)(=O)C[C@H](C)NC(=O)[C@@H]1C[C@H]1C(=O)O. The smallest absolute Gasteiger partial charge is 0.307 e. The first-order valence-electron chi connectivity index (χ1n) is 5.50. The summed E-state index contributed by atoms with van der Waals surface area (Å²) >= 11 is 0. The van der Waals surface area contributed by atoms with Crippen molar-refractivity contribution in [3.8, 4) is 0 Å². The van der Waals surface area contributed by atoms with Crippen molar-refractivity contribution in [2.75, 3.05) is 11.5 Å². The zero-order valence-electron chi connectivity index (χ0n) is 9.84. The van der Waals surface area contributed by atoms with Gasteiger partial charge in [0.2, 0.25) is 5.91 Å². The largest absolute Gasteiger partial charge is 0.481 e. The van der Waals surface area contributed by atoms with Crippen molar-refractivity contribution in [1.82, 2.24) is 5.32 Å². The first-order chi connectivity index (χ1) is 7.76. The van der Waals surface area contributed by atoms with E-state index in [2.05, 4.69) is 5.32 Å². The van der Waals surface area contributed by atoms with Crippen molar-refractivity contribution in [1.29, 1.82) is 0 Å². The van der Waals surface area contributed by atoms with E-state index in [1.54, 1.807) is 13.8 Å². The Morgan fingerprint density at radius 3 is 2.41 bits per heavy atom. The van der Waals surface area contributed by atoms with Gasteiger partial charge in [0.1, 0.15) is 0 Å². The van der Waals surface area contributed by atoms with Crippen LogP contribution in [0.25, 0.3) is 0 Å². The number of carboxylic acids is 1. The van der Waals surface area contributed by atoms with E-state index in [0.717, 1.165) is 0 Å². The van der Waals surface area contributed by atoms with Crippen molar-refractivity contribution >= 4 is 21.7 Å². The van der Waals surface area contributed by atoms with Gasteiger partial charge in [-0.1, -0.05) is 6.92 Å². The number of rotatable bonds is 6. The van der Waals surface area contributed by atoms with E-state index in [9.17, 15) is 18.0 Å². The number of hydrogen-bond donors (Lipinski definition) is 2. The molecule has 0 aromatic heterocycles. The Morgan fingerprint density at radius 1 is 1.41 bits per heavy atom. The van der Waals surface area contributed by atoms with Crippen LogP contribution in [-0.2, 0) is 19.4 Å². The highest BCUT2D eigenvalue weighted by Crippen LogP contribution is 2.38. The highest BCUT2D eigenvalue weighted by atomic mass is 32.2. The van der Waals surface area contributed by atoms with Crippen LogP contribution in [0.5, 0.6) is 0 Å². The molecule has 0 saturated heterocycles. The molecule has 0 spiro atoms. The highest BCUT2D eigenvalue weighted by Gasteiger charge is 2.48. The van der Waals surface area contributed by atoms with E-state index in [1.165, 1.54) is 0 Å². The summed E-state index contributed by atoms with van der Waals surface area (Å²) in [4.78, 5) is 22.1. The van der Waals surface area contributed by atoms with Crippen LogP contribution < -0.4 is 5.32 Å². The fourth-order valence-electron chi connectivity index (χ4n) is 1.65. The van der Waals surface area contributed by atoms with E-state index < -0.39 is 33.7 Å². The first-order valence-corrected chi connectivity index (χ1v) is 7.32. The van der Waals surface area contributed by atoms with E-state index in [0.29, 0.717) is 6.42 Å². The average Bonchev–Trinajstić information content (AvgIpc) is 2.95. The van der Waals surface area contributed by atoms with Gasteiger partial charge in [0.15, 0.2) is 9.84 Å². The average molecular weight is 263 g/mol. The van der Waals surface area contributed by atoms with E-state index >= 15 is 0 Å². The van der Waals surface area contributed by atoms with Gasteiger partial charge in [-0.3, -0.25) is 9.59 Å². The zero-order valence-corrected chi connectivity index (χ0v) is 10.7. The Balaban J connectivity index is 2.40. The maximum Gasteiger partial charge on any atom is 0.307 e. The standard InChI is InChI=1S/C10H17NO5S/c1-3-17(15,16)5-6(2)11-9(12)7-4-8(7)10(13)14/h6-8H,3-5H2,1-2H3,(H,11,12)(H,13,14)/t6-,7+,8+/m0/s1. The van der Waals surface area contributed by atoms with Crippen LogP contribution in [0.4, 0.5) is 0 Å². The molecule has 7 heteroatoms. The molecule has 6 nitrogen and oxygen atoms in total. The number of amides is 1. The highest BCUT2D eigenvalue weighted by molar-refractivity contribution is 7.91. The maximum absolute atomic E-state index is 11.5. The molecule has 0 aromatic carbocycles. The third-order valence-corrected chi connectivity index (χ3v) is 4.66. The number of sulfone groups is 1. The van der Waals surface area contributed by atoms with Crippen LogP contribution in [0.3, 0.4) is 0 Å². The fourth-order valence-corrected chi connectivity index (χ4v) is 2.73. The maximum atomic E-state index is 11.5. The molecule has 0 aromatic rings. The van der Waals surface area contributed by atoms with Crippen LogP contribution >= 0.6 is 0 Å². The second kappa shape index (κ2) is 5.03. The summed E-state index contributed by atoms with van der Waals surface area (Å²) in [5.74, 6) is -2.52. The number of carboxylic acid groups (broad SMARTS) is 1. The molecule has 1 aliphatic carbocycles. The molecular weight excluding hydrogens is 246 g/mol. The lowest BCUT2D eigenvalue weighted by Crippen LogP contribution is -2.39. The van der Waals surface area contributed by atoms with Crippen LogP contribution in [0.2, 0.25) is 0 Å². The second-order valence-corrected chi connectivity index (χ2v) is 6.79. The minimum Gasteiger partial charge on any atom is -0.481 e. The molecule has 1 aliphatic rings. The molecule has 0 radical (unpaired) electrons. The Hall–Kier alpha value is -1.11. The number of hydrogen-bond acceptors (Lipinski definition) is 4. The van der Waals surface area contributed by atoms with Gasteiger partial charge in [0.05, 0.1) is 17.6 Å². The lowest BCUT2D eigenvalue weighted by Gasteiger charge is -2.13. The molecule has 0 aliphatic heterocycles. The minimum atomic E-state index is -3.13. The molecule has 1 saturated carbocycles. The second-order valence-electron chi connectivity index (χ2n) is 4.40. The van der Waals surface area contributed by atoms with Crippen molar-refractivity contribution in [3.63, 3.8) is 0 Å². The normalized spacial score (nSPS) is 25.1. The summed E-state index contributed by atoms with van der Waals surface area (Å²) in [6.07, 6.45) is 0.342. The summed E-state index contributed by atoms with van der Waals surface area (Å²) in [6, 6.07) is -0.484. The molecular formula is C10H17NO5S. The molecule has 2 N–H and O–H groups in total. The summed E-state index contributed by atoms with van der Waals surface area (Å²) in [5.41, 5.74) is 0. The van der Waals surface area contributed by atoms with Gasteiger partial charge in [-0.05, 0) is 13.3 Å². The lowest BCUT2D eigenvalue weighted by molar-refractivity contribution is -0.140. The van der Waals surface area contributed by atoms with Crippen molar-refractivity contribution in [3.05, 3.63) is 0 Å². The molecule has 0 bridgehead atoms. The Labute approximate surface area is 100 Å². The van der Waals surface area contributed by atoms with Gasteiger partial charge >= 0.3 is 5.97 Å².